The highest BCUT2D eigenvalue weighted by Gasteiger charge is 2.20. The number of anilines is 1. The Morgan fingerprint density at radius 1 is 0.944 bits per heavy atom. The number of carbonyl (C=O) groups excluding carboxylic acids is 2. The van der Waals surface area contributed by atoms with Gasteiger partial charge in [0.05, 0.1) is 22.5 Å². The quantitative estimate of drug-likeness (QED) is 0.830. The molecule has 4 nitrogen and oxygen atoms in total. The maximum atomic E-state index is 12.0. The van der Waals surface area contributed by atoms with Gasteiger partial charge in [0.1, 0.15) is 0 Å². The molecule has 0 saturated carbocycles. The highest BCUT2D eigenvalue weighted by molar-refractivity contribution is 6.12. The van der Waals surface area contributed by atoms with Crippen LogP contribution in [0.5, 0.6) is 0 Å². The van der Waals surface area contributed by atoms with Crippen LogP contribution in [0.15, 0.2) is 60.8 Å². The minimum absolute atomic E-state index is 0.285. The van der Waals surface area contributed by atoms with Crippen molar-refractivity contribution in [3.05, 3.63) is 66.4 Å². The number of nitrogens with one attached hydrogen (secondary N) is 2. The lowest BCUT2D eigenvalue weighted by Gasteiger charge is -2.17. The molecule has 0 saturated heterocycles. The van der Waals surface area contributed by atoms with Crippen molar-refractivity contribution < 1.29 is 9.59 Å². The molecule has 4 heteroatoms. The van der Waals surface area contributed by atoms with Crippen molar-refractivity contribution in [2.24, 2.45) is 0 Å². The maximum Gasteiger partial charge on any atom is 0.257 e. The van der Waals surface area contributed by atoms with Crippen LogP contribution in [-0.4, -0.2) is 11.8 Å². The van der Waals surface area contributed by atoms with Gasteiger partial charge in [0.2, 0.25) is 0 Å². The number of benzene rings is 1. The van der Waals surface area contributed by atoms with E-state index in [0.29, 0.717) is 16.9 Å². The van der Waals surface area contributed by atoms with E-state index in [1.165, 1.54) is 12.2 Å². The van der Waals surface area contributed by atoms with E-state index in [-0.39, 0.29) is 17.4 Å². The van der Waals surface area contributed by atoms with Gasteiger partial charge in [-0.1, -0.05) is 31.4 Å². The van der Waals surface area contributed by atoms with E-state index in [4.69, 9.17) is 0 Å². The molecule has 2 rings (SSSR count). The van der Waals surface area contributed by atoms with Crippen molar-refractivity contribution in [2.45, 2.75) is 0 Å². The molecule has 0 spiro atoms. The topological polar surface area (TPSA) is 58.2 Å². The average molecular weight is 240 g/mol. The summed E-state index contributed by atoms with van der Waals surface area (Å²) < 4.78 is 0. The molecule has 2 N–H and O–H groups in total. The second kappa shape index (κ2) is 4.71. The van der Waals surface area contributed by atoms with Crippen LogP contribution < -0.4 is 10.6 Å². The lowest BCUT2D eigenvalue weighted by Crippen LogP contribution is -2.30. The van der Waals surface area contributed by atoms with Gasteiger partial charge in [-0.3, -0.25) is 9.59 Å². The van der Waals surface area contributed by atoms with Crippen LogP contribution in [0.2, 0.25) is 0 Å². The lowest BCUT2D eigenvalue weighted by molar-refractivity contribution is -0.112. The zero-order valence-corrected chi connectivity index (χ0v) is 9.69. The molecule has 0 radical (unpaired) electrons. The summed E-state index contributed by atoms with van der Waals surface area (Å²) >= 11 is 0. The van der Waals surface area contributed by atoms with Gasteiger partial charge in [-0.05, 0) is 18.2 Å². The van der Waals surface area contributed by atoms with Crippen LogP contribution in [0.1, 0.15) is 10.4 Å². The molecule has 1 aliphatic rings. The molecule has 0 aliphatic carbocycles. The lowest BCUT2D eigenvalue weighted by atomic mass is 10.1. The van der Waals surface area contributed by atoms with Gasteiger partial charge in [-0.2, -0.15) is 0 Å². The summed E-state index contributed by atoms with van der Waals surface area (Å²) in [4.78, 5) is 24.0. The molecule has 0 aromatic heterocycles. The Morgan fingerprint density at radius 2 is 1.67 bits per heavy atom. The molecular formula is C14H12N2O2. The zero-order valence-electron chi connectivity index (χ0n) is 9.69. The van der Waals surface area contributed by atoms with E-state index in [1.807, 2.05) is 0 Å². The Bertz CT molecular complexity index is 585. The van der Waals surface area contributed by atoms with Crippen molar-refractivity contribution in [3.63, 3.8) is 0 Å². The Morgan fingerprint density at radius 3 is 2.33 bits per heavy atom. The van der Waals surface area contributed by atoms with Gasteiger partial charge < -0.3 is 10.6 Å². The first-order valence-electron chi connectivity index (χ1n) is 5.38. The van der Waals surface area contributed by atoms with Crippen molar-refractivity contribution in [1.29, 1.82) is 0 Å². The van der Waals surface area contributed by atoms with E-state index in [0.717, 1.165) is 0 Å². The largest absolute Gasteiger partial charge is 0.321 e. The monoisotopic (exact) mass is 240 g/mol. The summed E-state index contributed by atoms with van der Waals surface area (Å²) in [6.45, 7) is 7.15. The Labute approximate surface area is 105 Å². The summed E-state index contributed by atoms with van der Waals surface area (Å²) in [6.07, 6.45) is 2.81. The van der Waals surface area contributed by atoms with E-state index in [2.05, 4.69) is 23.8 Å². The van der Waals surface area contributed by atoms with Crippen molar-refractivity contribution in [3.8, 4) is 0 Å². The smallest absolute Gasteiger partial charge is 0.257 e. The number of fused-ring (bicyclic) bond motifs is 1. The fourth-order valence-electron chi connectivity index (χ4n) is 1.72. The minimum atomic E-state index is -0.327. The van der Waals surface area contributed by atoms with Crippen LogP contribution in [-0.2, 0) is 4.79 Å². The van der Waals surface area contributed by atoms with E-state index < -0.39 is 0 Å². The van der Waals surface area contributed by atoms with E-state index in [1.54, 1.807) is 24.3 Å². The normalized spacial score (nSPS) is 18.9. The van der Waals surface area contributed by atoms with Gasteiger partial charge in [0.25, 0.3) is 11.8 Å². The van der Waals surface area contributed by atoms with Crippen LogP contribution >= 0.6 is 0 Å². The molecule has 0 bridgehead atoms. The van der Waals surface area contributed by atoms with Gasteiger partial charge in [0, 0.05) is 0 Å². The molecule has 0 unspecified atom stereocenters. The molecule has 2 amide bonds. The summed E-state index contributed by atoms with van der Waals surface area (Å²) in [5, 5.41) is 5.33. The van der Waals surface area contributed by atoms with Gasteiger partial charge >= 0.3 is 0 Å². The third-order valence-corrected chi connectivity index (χ3v) is 2.61. The Hall–Kier alpha value is -2.62. The number of rotatable bonds is 2. The summed E-state index contributed by atoms with van der Waals surface area (Å²) in [7, 11) is 0. The molecule has 1 heterocycles. The van der Waals surface area contributed by atoms with Crippen LogP contribution in [0.4, 0.5) is 5.69 Å². The minimum Gasteiger partial charge on any atom is -0.321 e. The molecular weight excluding hydrogens is 228 g/mol. The van der Waals surface area contributed by atoms with Crippen LogP contribution in [0.3, 0.4) is 0 Å². The standard InChI is InChI=1S/C14H12N2O2/c1-3-9-11(4-2)15-14(18)10-7-5-6-8-12(10)16-13(9)17/h3-8H,1-2H2,(H,15,18)(H,16,17). The van der Waals surface area contributed by atoms with Crippen molar-refractivity contribution >= 4 is 17.5 Å². The number of carbonyl (C=O) groups is 2. The summed E-state index contributed by atoms with van der Waals surface area (Å²) in [5.74, 6) is -0.618. The third-order valence-electron chi connectivity index (χ3n) is 2.61. The molecule has 0 atom stereocenters. The van der Waals surface area contributed by atoms with Crippen LogP contribution in [0.25, 0.3) is 0 Å². The van der Waals surface area contributed by atoms with Crippen molar-refractivity contribution in [1.82, 2.24) is 5.32 Å². The zero-order chi connectivity index (χ0) is 13.1. The van der Waals surface area contributed by atoms with Crippen LogP contribution in [0, 0.1) is 0 Å². The first-order chi connectivity index (χ1) is 8.67. The van der Waals surface area contributed by atoms with Gasteiger partial charge in [-0.15, -0.1) is 0 Å². The number of allylic oxidation sites excluding steroid dienone is 1. The first kappa shape index (κ1) is 11.9. The van der Waals surface area contributed by atoms with E-state index >= 15 is 0 Å². The second-order valence-corrected chi connectivity index (χ2v) is 3.69. The number of amides is 2. The van der Waals surface area contributed by atoms with Gasteiger partial charge in [0.15, 0.2) is 0 Å². The summed E-state index contributed by atoms with van der Waals surface area (Å²) in [6, 6.07) is 6.80. The maximum absolute atomic E-state index is 12.0. The third kappa shape index (κ3) is 1.96. The molecule has 1 aromatic carbocycles. The molecule has 1 aromatic rings. The highest BCUT2D eigenvalue weighted by Crippen LogP contribution is 2.20. The molecule has 1 aliphatic heterocycles. The molecule has 18 heavy (non-hydrogen) atoms. The number of hydrogen-bond acceptors (Lipinski definition) is 2. The second-order valence-electron chi connectivity index (χ2n) is 3.69. The van der Waals surface area contributed by atoms with Crippen molar-refractivity contribution in [2.75, 3.05) is 5.32 Å². The average Bonchev–Trinajstić information content (AvgIpc) is 2.37. The predicted molar refractivity (Wildman–Crippen MR) is 70.0 cm³/mol. The van der Waals surface area contributed by atoms with Gasteiger partial charge in [-0.25, -0.2) is 0 Å². The van der Waals surface area contributed by atoms with E-state index in [9.17, 15) is 9.59 Å². The Kier molecular flexibility index (Phi) is 3.10. The number of hydrogen-bond donors (Lipinski definition) is 2. The number of para-hydroxylation sites is 1. The molecule has 90 valence electrons. The fourth-order valence-corrected chi connectivity index (χ4v) is 1.72. The SMILES string of the molecule is C=C/C1=C(\C=C)C(=O)Nc2ccccc2C(=O)N1. The Balaban J connectivity index is 2.57. The molecule has 0 fully saturated rings. The summed E-state index contributed by atoms with van der Waals surface area (Å²) in [5.41, 5.74) is 1.52. The first-order valence-corrected chi connectivity index (χ1v) is 5.38. The predicted octanol–water partition coefficient (Wildman–Crippen LogP) is 1.99. The highest BCUT2D eigenvalue weighted by atomic mass is 16.2. The fraction of sp³-hybridized carbons (Fsp3) is 0.